The summed E-state index contributed by atoms with van der Waals surface area (Å²) >= 11 is 0. The van der Waals surface area contributed by atoms with Crippen LogP contribution < -0.4 is 11.1 Å². The van der Waals surface area contributed by atoms with Crippen molar-refractivity contribution in [2.45, 2.75) is 0 Å². The van der Waals surface area contributed by atoms with Gasteiger partial charge in [-0.05, 0) is 48.5 Å². The second-order valence-corrected chi connectivity index (χ2v) is 8.68. The molecular formula is C26H8F4N4O2. The molecule has 0 bridgehead atoms. The highest BCUT2D eigenvalue weighted by Crippen LogP contribution is 2.37. The van der Waals surface area contributed by atoms with E-state index in [1.54, 1.807) is 12.1 Å². The molecule has 0 atom stereocenters. The smallest absolute Gasteiger partial charge is 0.264 e. The zero-order valence-electron chi connectivity index (χ0n) is 17.7. The van der Waals surface area contributed by atoms with Gasteiger partial charge in [0.05, 0.1) is 0 Å². The largest absolute Gasteiger partial charge is 0.268 e. The molecule has 6 nitrogen and oxygen atoms in total. The maximum Gasteiger partial charge on any atom is 0.264 e. The average molecular weight is 484 g/mol. The van der Waals surface area contributed by atoms with Crippen molar-refractivity contribution < 1.29 is 17.6 Å². The van der Waals surface area contributed by atoms with Crippen molar-refractivity contribution in [3.8, 4) is 0 Å². The molecule has 0 unspecified atom stereocenters. The average Bonchev–Trinajstić information content (AvgIpc) is 3.48. The summed E-state index contributed by atoms with van der Waals surface area (Å²) in [5.74, 6) is -3.18. The van der Waals surface area contributed by atoms with Gasteiger partial charge < -0.3 is 0 Å². The summed E-state index contributed by atoms with van der Waals surface area (Å²) in [4.78, 5) is 35.6. The summed E-state index contributed by atoms with van der Waals surface area (Å²) in [5.41, 5.74) is -2.37. The molecule has 0 radical (unpaired) electrons. The number of rotatable bonds is 0. The van der Waals surface area contributed by atoms with Crippen LogP contribution in [0.15, 0.2) is 58.1 Å². The number of aromatic nitrogens is 4. The van der Waals surface area contributed by atoms with Gasteiger partial charge in [0.2, 0.25) is 0 Å². The van der Waals surface area contributed by atoms with E-state index < -0.39 is 34.4 Å². The molecular weight excluding hydrogens is 476 g/mol. The highest BCUT2D eigenvalue weighted by molar-refractivity contribution is 6.27. The first-order valence-electron chi connectivity index (χ1n) is 10.8. The van der Waals surface area contributed by atoms with Gasteiger partial charge in [-0.15, -0.1) is 0 Å². The van der Waals surface area contributed by atoms with Gasteiger partial charge in [-0.2, -0.15) is 0 Å². The molecule has 4 heterocycles. The zero-order valence-corrected chi connectivity index (χ0v) is 17.7. The number of hydrogen-bond acceptors (Lipinski definition) is 4. The molecule has 4 aromatic carbocycles. The number of pyridine rings is 2. The maximum absolute atomic E-state index is 14.7. The van der Waals surface area contributed by atoms with Gasteiger partial charge in [0, 0.05) is 32.3 Å². The Morgan fingerprint density at radius 1 is 0.500 bits per heavy atom. The van der Waals surface area contributed by atoms with Crippen LogP contribution in [0.1, 0.15) is 0 Å². The summed E-state index contributed by atoms with van der Waals surface area (Å²) in [7, 11) is 0. The van der Waals surface area contributed by atoms with Crippen molar-refractivity contribution in [3.05, 3.63) is 92.5 Å². The van der Waals surface area contributed by atoms with Gasteiger partial charge in [0.25, 0.3) is 11.1 Å². The number of fused-ring (bicyclic) bond motifs is 8. The minimum Gasteiger partial charge on any atom is -0.268 e. The number of benzene rings is 4. The van der Waals surface area contributed by atoms with E-state index in [2.05, 4.69) is 9.97 Å². The Kier molecular flexibility index (Phi) is 3.26. The molecule has 0 spiro atoms. The lowest BCUT2D eigenvalue weighted by Crippen LogP contribution is -2.17. The minimum atomic E-state index is -0.805. The Morgan fingerprint density at radius 3 is 1.28 bits per heavy atom. The first-order chi connectivity index (χ1) is 17.4. The van der Waals surface area contributed by atoms with E-state index in [-0.39, 0.29) is 44.1 Å². The molecule has 0 aliphatic heterocycles. The number of halogens is 4. The fourth-order valence-electron chi connectivity index (χ4n) is 5.44. The summed E-state index contributed by atoms with van der Waals surface area (Å²) in [5, 5.41) is 1.77. The normalized spacial score (nSPS) is 12.7. The number of hydrogen-bond donors (Lipinski definition) is 0. The van der Waals surface area contributed by atoms with Crippen LogP contribution in [0.3, 0.4) is 0 Å². The topological polar surface area (TPSA) is 68.7 Å². The van der Waals surface area contributed by atoms with Gasteiger partial charge in [0.15, 0.2) is 11.6 Å². The summed E-state index contributed by atoms with van der Waals surface area (Å²) in [6.07, 6.45) is 0. The molecule has 0 saturated heterocycles. The molecule has 8 rings (SSSR count). The van der Waals surface area contributed by atoms with Gasteiger partial charge in [0.1, 0.15) is 45.0 Å². The molecule has 0 aliphatic carbocycles. The predicted octanol–water partition coefficient (Wildman–Crippen LogP) is 4.90. The Morgan fingerprint density at radius 2 is 0.861 bits per heavy atom. The van der Waals surface area contributed by atoms with Gasteiger partial charge >= 0.3 is 0 Å². The van der Waals surface area contributed by atoms with Crippen LogP contribution in [0, 0.1) is 23.3 Å². The second kappa shape index (κ2) is 6.03. The van der Waals surface area contributed by atoms with Crippen molar-refractivity contribution in [2.75, 3.05) is 0 Å². The fraction of sp³-hybridized carbons (Fsp3) is 0. The van der Waals surface area contributed by atoms with Crippen molar-refractivity contribution in [1.82, 2.24) is 18.8 Å². The Hall–Kier alpha value is -4.86. The van der Waals surface area contributed by atoms with E-state index in [1.807, 2.05) is 0 Å². The standard InChI is InChI=1S/C26H8F4N4O2/c27-13-5-7-15(29)21-19(13)31-23-9-1-2-10-18-12(4-3-11(17(9)18)25(35)33(21)23)26(36)34-22-16(30)8-6-14(28)20(22)32-24(10)34/h1-8H. The van der Waals surface area contributed by atoms with E-state index in [4.69, 9.17) is 0 Å². The summed E-state index contributed by atoms with van der Waals surface area (Å²) < 4.78 is 60.5. The summed E-state index contributed by atoms with van der Waals surface area (Å²) in [6.45, 7) is 0. The van der Waals surface area contributed by atoms with Gasteiger partial charge in [-0.1, -0.05) is 0 Å². The van der Waals surface area contributed by atoms with E-state index >= 15 is 0 Å². The lowest BCUT2D eigenvalue weighted by molar-refractivity contribution is 0.614. The van der Waals surface area contributed by atoms with E-state index in [9.17, 15) is 27.2 Å². The first-order valence-corrected chi connectivity index (χ1v) is 10.8. The Balaban J connectivity index is 1.71. The molecule has 0 fully saturated rings. The quantitative estimate of drug-likeness (QED) is 0.227. The highest BCUT2D eigenvalue weighted by Gasteiger charge is 2.25. The van der Waals surface area contributed by atoms with Gasteiger partial charge in [-0.3, -0.25) is 18.4 Å². The van der Waals surface area contributed by atoms with Crippen molar-refractivity contribution in [2.24, 2.45) is 0 Å². The van der Waals surface area contributed by atoms with Crippen LogP contribution in [0.25, 0.3) is 65.7 Å². The molecule has 0 aliphatic rings. The van der Waals surface area contributed by atoms with Crippen LogP contribution in [0.4, 0.5) is 17.6 Å². The molecule has 4 aromatic heterocycles. The van der Waals surface area contributed by atoms with Gasteiger partial charge in [-0.25, -0.2) is 27.5 Å². The predicted molar refractivity (Wildman–Crippen MR) is 126 cm³/mol. The second-order valence-electron chi connectivity index (χ2n) is 8.68. The van der Waals surface area contributed by atoms with E-state index in [0.29, 0.717) is 21.5 Å². The zero-order chi connectivity index (χ0) is 24.6. The first kappa shape index (κ1) is 19.4. The van der Waals surface area contributed by atoms with Crippen LogP contribution in [0.5, 0.6) is 0 Å². The molecule has 36 heavy (non-hydrogen) atoms. The SMILES string of the molecule is O=c1c2ccc3c(=O)n4c(nc5c(F)ccc(F)c54)c4ccc(c2c34)c2nc3c(F)ccc(F)c3n12. The molecule has 10 heteroatoms. The molecule has 0 saturated carbocycles. The Labute approximate surface area is 194 Å². The van der Waals surface area contributed by atoms with Crippen molar-refractivity contribution in [3.63, 3.8) is 0 Å². The van der Waals surface area contributed by atoms with E-state index in [0.717, 1.165) is 33.1 Å². The molecule has 172 valence electrons. The maximum atomic E-state index is 14.7. The number of imidazole rings is 2. The lowest BCUT2D eigenvalue weighted by Gasteiger charge is -2.12. The number of nitrogens with zero attached hydrogens (tertiary/aromatic N) is 4. The lowest BCUT2D eigenvalue weighted by atomic mass is 9.96. The molecule has 0 amide bonds. The fourth-order valence-corrected chi connectivity index (χ4v) is 5.44. The van der Waals surface area contributed by atoms with E-state index in [1.165, 1.54) is 12.1 Å². The van der Waals surface area contributed by atoms with Crippen molar-refractivity contribution in [1.29, 1.82) is 0 Å². The third kappa shape index (κ3) is 2.01. The van der Waals surface area contributed by atoms with Crippen molar-refractivity contribution >= 4 is 65.7 Å². The summed E-state index contributed by atoms with van der Waals surface area (Å²) in [6, 6.07) is 9.74. The van der Waals surface area contributed by atoms with Crippen LogP contribution in [-0.4, -0.2) is 18.8 Å². The highest BCUT2D eigenvalue weighted by atomic mass is 19.1. The van der Waals surface area contributed by atoms with Crippen LogP contribution in [0.2, 0.25) is 0 Å². The minimum absolute atomic E-state index is 0.0267. The monoisotopic (exact) mass is 484 g/mol. The van der Waals surface area contributed by atoms with Crippen LogP contribution in [-0.2, 0) is 0 Å². The molecule has 8 aromatic rings. The van der Waals surface area contributed by atoms with Crippen LogP contribution >= 0.6 is 0 Å². The third-order valence-electron chi connectivity index (χ3n) is 6.92. The molecule has 0 N–H and O–H groups in total. The Bertz CT molecular complexity index is 2240. The third-order valence-corrected chi connectivity index (χ3v) is 6.92.